The fraction of sp³-hybridized carbons (Fsp3) is 0.533. The van der Waals surface area contributed by atoms with Crippen molar-refractivity contribution in [3.05, 3.63) is 45.5 Å². The van der Waals surface area contributed by atoms with Gasteiger partial charge in [-0.25, -0.2) is 0 Å². The first-order valence-corrected chi connectivity index (χ1v) is 8.29. The van der Waals surface area contributed by atoms with Gasteiger partial charge in [-0.05, 0) is 25.2 Å². The van der Waals surface area contributed by atoms with Gasteiger partial charge in [0, 0.05) is 29.9 Å². The molecule has 0 saturated carbocycles. The molecule has 0 aromatic heterocycles. The third-order valence-electron chi connectivity index (χ3n) is 3.03. The third-order valence-corrected chi connectivity index (χ3v) is 4.04. The van der Waals surface area contributed by atoms with Gasteiger partial charge in [0.05, 0.1) is 6.54 Å². The predicted octanol–water partition coefficient (Wildman–Crippen LogP) is 2.00. The van der Waals surface area contributed by atoms with Crippen LogP contribution in [0.2, 0.25) is 0 Å². The van der Waals surface area contributed by atoms with Crippen molar-refractivity contribution in [1.82, 2.24) is 4.90 Å². The summed E-state index contributed by atoms with van der Waals surface area (Å²) in [4.78, 5) is 16.3. The minimum absolute atomic E-state index is 0.0959. The monoisotopic (exact) mass is 324 g/mol. The molecule has 0 spiro atoms. The van der Waals surface area contributed by atoms with Crippen molar-refractivity contribution in [3.63, 3.8) is 0 Å². The molecule has 0 aliphatic heterocycles. The van der Waals surface area contributed by atoms with Gasteiger partial charge in [0.1, 0.15) is 0 Å². The molecular weight excluding hydrogens is 300 g/mol. The number of rotatable bonds is 9. The van der Waals surface area contributed by atoms with Gasteiger partial charge in [0.25, 0.3) is 6.04 Å². The van der Waals surface area contributed by atoms with E-state index in [0.717, 1.165) is 18.1 Å². The number of nitrogens with zero attached hydrogens (tertiary/aromatic N) is 3. The SMILES string of the molecule is CC(C(N)=NCCSCc1cccc(CN(C)C)c1)[N+](=O)[O-]. The Balaban J connectivity index is 2.36. The molecule has 0 saturated heterocycles. The predicted molar refractivity (Wildman–Crippen MR) is 92.9 cm³/mol. The van der Waals surface area contributed by atoms with E-state index in [2.05, 4.69) is 48.3 Å². The first kappa shape index (κ1) is 18.4. The number of aliphatic imine (C=N–C) groups is 1. The highest BCUT2D eigenvalue weighted by Gasteiger charge is 2.16. The molecule has 0 heterocycles. The molecule has 122 valence electrons. The van der Waals surface area contributed by atoms with Crippen molar-refractivity contribution in [2.75, 3.05) is 26.4 Å². The van der Waals surface area contributed by atoms with Crippen LogP contribution in [0, 0.1) is 10.1 Å². The lowest BCUT2D eigenvalue weighted by atomic mass is 10.1. The average Bonchev–Trinajstić information content (AvgIpc) is 2.45. The molecular formula is C15H24N4O2S. The maximum atomic E-state index is 10.6. The number of benzene rings is 1. The summed E-state index contributed by atoms with van der Waals surface area (Å²) in [5.74, 6) is 1.79. The molecule has 0 radical (unpaired) electrons. The summed E-state index contributed by atoms with van der Waals surface area (Å²) in [6, 6.07) is 7.60. The first-order valence-electron chi connectivity index (χ1n) is 7.13. The summed E-state index contributed by atoms with van der Waals surface area (Å²) in [5.41, 5.74) is 8.15. The molecule has 1 unspecified atom stereocenters. The van der Waals surface area contributed by atoms with E-state index in [1.54, 1.807) is 11.8 Å². The highest BCUT2D eigenvalue weighted by Crippen LogP contribution is 2.14. The van der Waals surface area contributed by atoms with Crippen molar-refractivity contribution in [2.24, 2.45) is 10.7 Å². The van der Waals surface area contributed by atoms with Crippen LogP contribution in [-0.4, -0.2) is 48.1 Å². The van der Waals surface area contributed by atoms with E-state index in [4.69, 9.17) is 5.73 Å². The van der Waals surface area contributed by atoms with Crippen LogP contribution < -0.4 is 5.73 Å². The van der Waals surface area contributed by atoms with Gasteiger partial charge in [-0.2, -0.15) is 11.8 Å². The number of hydrogen-bond acceptors (Lipinski definition) is 5. The fourth-order valence-electron chi connectivity index (χ4n) is 1.85. The van der Waals surface area contributed by atoms with E-state index in [0.29, 0.717) is 6.54 Å². The van der Waals surface area contributed by atoms with Gasteiger partial charge in [0.2, 0.25) is 0 Å². The van der Waals surface area contributed by atoms with E-state index in [1.807, 2.05) is 0 Å². The van der Waals surface area contributed by atoms with Gasteiger partial charge in [-0.3, -0.25) is 15.1 Å². The molecule has 1 atom stereocenters. The lowest BCUT2D eigenvalue weighted by Gasteiger charge is -2.10. The van der Waals surface area contributed by atoms with E-state index in [-0.39, 0.29) is 5.84 Å². The van der Waals surface area contributed by atoms with Crippen LogP contribution in [-0.2, 0) is 12.3 Å². The van der Waals surface area contributed by atoms with Crippen molar-refractivity contribution in [2.45, 2.75) is 25.3 Å². The van der Waals surface area contributed by atoms with Crippen LogP contribution >= 0.6 is 11.8 Å². The summed E-state index contributed by atoms with van der Waals surface area (Å²) in [5, 5.41) is 10.6. The maximum absolute atomic E-state index is 10.6. The second kappa shape index (κ2) is 9.42. The molecule has 1 rings (SSSR count). The molecule has 0 aliphatic rings. The van der Waals surface area contributed by atoms with Crippen LogP contribution in [0.25, 0.3) is 0 Å². The van der Waals surface area contributed by atoms with E-state index in [1.165, 1.54) is 18.1 Å². The molecule has 0 fully saturated rings. The molecule has 1 aromatic carbocycles. The normalized spacial score (nSPS) is 13.4. The zero-order chi connectivity index (χ0) is 16.5. The van der Waals surface area contributed by atoms with Gasteiger partial charge in [-0.1, -0.05) is 24.3 Å². The van der Waals surface area contributed by atoms with Gasteiger partial charge < -0.3 is 10.6 Å². The Morgan fingerprint density at radius 3 is 2.77 bits per heavy atom. The molecule has 7 heteroatoms. The zero-order valence-corrected chi connectivity index (χ0v) is 14.2. The highest BCUT2D eigenvalue weighted by molar-refractivity contribution is 7.98. The van der Waals surface area contributed by atoms with Crippen LogP contribution in [0.3, 0.4) is 0 Å². The number of hydrogen-bond donors (Lipinski definition) is 1. The smallest absolute Gasteiger partial charge is 0.266 e. The molecule has 0 bridgehead atoms. The number of nitro groups is 1. The Morgan fingerprint density at radius 1 is 1.45 bits per heavy atom. The van der Waals surface area contributed by atoms with Crippen molar-refractivity contribution >= 4 is 17.6 Å². The molecule has 0 amide bonds. The quantitative estimate of drug-likeness (QED) is 0.247. The third kappa shape index (κ3) is 6.91. The zero-order valence-electron chi connectivity index (χ0n) is 13.4. The van der Waals surface area contributed by atoms with Crippen molar-refractivity contribution < 1.29 is 4.92 Å². The van der Waals surface area contributed by atoms with Crippen LogP contribution in [0.4, 0.5) is 0 Å². The fourth-order valence-corrected chi connectivity index (χ4v) is 2.63. The van der Waals surface area contributed by atoms with Gasteiger partial charge in [0.15, 0.2) is 5.84 Å². The van der Waals surface area contributed by atoms with Crippen LogP contribution in [0.15, 0.2) is 29.3 Å². The molecule has 2 N–H and O–H groups in total. The Kier molecular flexibility index (Phi) is 7.90. The van der Waals surface area contributed by atoms with E-state index in [9.17, 15) is 10.1 Å². The summed E-state index contributed by atoms with van der Waals surface area (Å²) < 4.78 is 0. The number of amidine groups is 1. The van der Waals surface area contributed by atoms with E-state index >= 15 is 0 Å². The van der Waals surface area contributed by atoms with Crippen molar-refractivity contribution in [1.29, 1.82) is 0 Å². The summed E-state index contributed by atoms with van der Waals surface area (Å²) >= 11 is 1.75. The minimum Gasteiger partial charge on any atom is -0.382 e. The van der Waals surface area contributed by atoms with Crippen LogP contribution in [0.5, 0.6) is 0 Å². The van der Waals surface area contributed by atoms with Crippen LogP contribution in [0.1, 0.15) is 18.1 Å². The molecule has 1 aromatic rings. The topological polar surface area (TPSA) is 84.8 Å². The second-order valence-electron chi connectivity index (χ2n) is 5.38. The Hall–Kier alpha value is -1.60. The second-order valence-corrected chi connectivity index (χ2v) is 6.48. The Labute approximate surface area is 135 Å². The lowest BCUT2D eigenvalue weighted by Crippen LogP contribution is -2.33. The summed E-state index contributed by atoms with van der Waals surface area (Å²) in [6.07, 6.45) is 0. The van der Waals surface area contributed by atoms with E-state index < -0.39 is 11.0 Å². The standard InChI is InChI=1S/C15H24N4O2S/c1-12(19(20)21)15(16)17-7-8-22-11-14-6-4-5-13(9-14)10-18(2)3/h4-6,9,12H,7-8,10-11H2,1-3H3,(H2,16,17). The number of nitrogens with two attached hydrogens (primary N) is 1. The maximum Gasteiger partial charge on any atom is 0.266 e. The Bertz CT molecular complexity index is 520. The highest BCUT2D eigenvalue weighted by atomic mass is 32.2. The number of thioether (sulfide) groups is 1. The lowest BCUT2D eigenvalue weighted by molar-refractivity contribution is -0.498. The summed E-state index contributed by atoms with van der Waals surface area (Å²) in [6.45, 7) is 2.88. The Morgan fingerprint density at radius 2 is 2.14 bits per heavy atom. The molecule has 22 heavy (non-hydrogen) atoms. The molecule has 0 aliphatic carbocycles. The van der Waals surface area contributed by atoms with Gasteiger partial charge >= 0.3 is 0 Å². The minimum atomic E-state index is -0.910. The summed E-state index contributed by atoms with van der Waals surface area (Å²) in [7, 11) is 4.10. The first-order chi connectivity index (χ1) is 10.4. The van der Waals surface area contributed by atoms with Crippen molar-refractivity contribution in [3.8, 4) is 0 Å². The van der Waals surface area contributed by atoms with Gasteiger partial charge in [-0.15, -0.1) is 0 Å². The molecule has 6 nitrogen and oxygen atoms in total. The average molecular weight is 324 g/mol. The largest absolute Gasteiger partial charge is 0.382 e.